The van der Waals surface area contributed by atoms with Crippen LogP contribution in [0.3, 0.4) is 0 Å². The number of aryl methyl sites for hydroxylation is 1. The summed E-state index contributed by atoms with van der Waals surface area (Å²) in [6.45, 7) is 0.458. The van der Waals surface area contributed by atoms with Crippen molar-refractivity contribution in [2.45, 2.75) is 13.0 Å². The minimum absolute atomic E-state index is 0.0247. The number of benzene rings is 1. The fraction of sp³-hybridized carbons (Fsp3) is 0.167. The lowest BCUT2D eigenvalue weighted by Gasteiger charge is -2.03. The molecule has 2 aromatic rings. The van der Waals surface area contributed by atoms with Gasteiger partial charge >= 0.3 is 0 Å². The van der Waals surface area contributed by atoms with Gasteiger partial charge in [-0.25, -0.2) is 0 Å². The van der Waals surface area contributed by atoms with E-state index in [0.29, 0.717) is 18.4 Å². The molecule has 0 unspecified atom stereocenters. The van der Waals surface area contributed by atoms with Crippen LogP contribution in [0.1, 0.15) is 6.42 Å². The molecule has 2 rings (SSSR count). The van der Waals surface area contributed by atoms with Crippen LogP contribution < -0.4 is 5.56 Å². The second-order valence-electron chi connectivity index (χ2n) is 3.31. The SMILES string of the molecule is N#CCCn1ccc2ccccc2c1=O. The molecule has 0 atom stereocenters. The zero-order valence-corrected chi connectivity index (χ0v) is 8.18. The van der Waals surface area contributed by atoms with E-state index in [2.05, 4.69) is 0 Å². The molecule has 0 aliphatic heterocycles. The monoisotopic (exact) mass is 198 g/mol. The Morgan fingerprint density at radius 2 is 2.07 bits per heavy atom. The molecule has 3 nitrogen and oxygen atoms in total. The van der Waals surface area contributed by atoms with Gasteiger partial charge < -0.3 is 4.57 Å². The van der Waals surface area contributed by atoms with Crippen molar-refractivity contribution in [2.24, 2.45) is 0 Å². The fourth-order valence-electron chi connectivity index (χ4n) is 1.58. The van der Waals surface area contributed by atoms with Gasteiger partial charge in [-0.05, 0) is 17.5 Å². The van der Waals surface area contributed by atoms with E-state index in [1.54, 1.807) is 16.8 Å². The van der Waals surface area contributed by atoms with Crippen LogP contribution in [-0.4, -0.2) is 4.57 Å². The van der Waals surface area contributed by atoms with E-state index in [4.69, 9.17) is 5.26 Å². The molecule has 0 aliphatic rings. The Morgan fingerprint density at radius 3 is 2.87 bits per heavy atom. The highest BCUT2D eigenvalue weighted by atomic mass is 16.1. The van der Waals surface area contributed by atoms with Crippen LogP contribution >= 0.6 is 0 Å². The maximum absolute atomic E-state index is 11.9. The highest BCUT2D eigenvalue weighted by Crippen LogP contribution is 2.07. The highest BCUT2D eigenvalue weighted by Gasteiger charge is 2.00. The van der Waals surface area contributed by atoms with Gasteiger partial charge in [0.2, 0.25) is 0 Å². The van der Waals surface area contributed by atoms with Gasteiger partial charge in [-0.3, -0.25) is 4.79 Å². The number of aromatic nitrogens is 1. The van der Waals surface area contributed by atoms with Crippen LogP contribution in [0.4, 0.5) is 0 Å². The van der Waals surface area contributed by atoms with Crippen LogP contribution in [-0.2, 0) is 6.54 Å². The molecule has 15 heavy (non-hydrogen) atoms. The van der Waals surface area contributed by atoms with Crippen molar-refractivity contribution in [1.82, 2.24) is 4.57 Å². The predicted molar refractivity (Wildman–Crippen MR) is 58.4 cm³/mol. The largest absolute Gasteiger partial charge is 0.314 e. The second kappa shape index (κ2) is 3.97. The van der Waals surface area contributed by atoms with Crippen molar-refractivity contribution in [1.29, 1.82) is 5.26 Å². The summed E-state index contributed by atoms with van der Waals surface area (Å²) >= 11 is 0. The standard InChI is InChI=1S/C12H10N2O/c13-7-3-8-14-9-6-10-4-1-2-5-11(10)12(14)15/h1-2,4-6,9H,3,8H2. The summed E-state index contributed by atoms with van der Waals surface area (Å²) in [7, 11) is 0. The Balaban J connectivity index is 2.57. The number of fused-ring (bicyclic) bond motifs is 1. The Morgan fingerprint density at radius 1 is 1.27 bits per heavy atom. The van der Waals surface area contributed by atoms with Crippen LogP contribution in [0.2, 0.25) is 0 Å². The topological polar surface area (TPSA) is 45.8 Å². The first-order valence-corrected chi connectivity index (χ1v) is 4.78. The van der Waals surface area contributed by atoms with Gasteiger partial charge in [0, 0.05) is 18.1 Å². The molecule has 0 radical (unpaired) electrons. The molecule has 0 saturated carbocycles. The van der Waals surface area contributed by atoms with Crippen molar-refractivity contribution in [2.75, 3.05) is 0 Å². The summed E-state index contributed by atoms with van der Waals surface area (Å²) in [4.78, 5) is 11.9. The highest BCUT2D eigenvalue weighted by molar-refractivity contribution is 5.81. The van der Waals surface area contributed by atoms with Gasteiger partial charge in [0.1, 0.15) is 0 Å². The molecule has 1 heterocycles. The molecule has 1 aromatic heterocycles. The number of nitriles is 1. The van der Waals surface area contributed by atoms with E-state index < -0.39 is 0 Å². The quantitative estimate of drug-likeness (QED) is 0.740. The van der Waals surface area contributed by atoms with Crippen molar-refractivity contribution in [3.8, 4) is 6.07 Å². The Labute approximate surface area is 87.2 Å². The maximum atomic E-state index is 11.9. The first-order chi connectivity index (χ1) is 7.33. The van der Waals surface area contributed by atoms with Crippen LogP contribution in [0.15, 0.2) is 41.3 Å². The van der Waals surface area contributed by atoms with Crippen LogP contribution in [0.25, 0.3) is 10.8 Å². The minimum atomic E-state index is -0.0247. The summed E-state index contributed by atoms with van der Waals surface area (Å²) in [6.07, 6.45) is 2.10. The molecule has 0 saturated heterocycles. The van der Waals surface area contributed by atoms with E-state index in [-0.39, 0.29) is 5.56 Å². The summed E-state index contributed by atoms with van der Waals surface area (Å²) in [5.41, 5.74) is -0.0247. The Kier molecular flexibility index (Phi) is 2.51. The van der Waals surface area contributed by atoms with Crippen molar-refractivity contribution in [3.63, 3.8) is 0 Å². The molecule has 0 amide bonds. The molecule has 3 heteroatoms. The van der Waals surface area contributed by atoms with Gasteiger partial charge in [0.15, 0.2) is 0 Å². The predicted octanol–water partition coefficient (Wildman–Crippen LogP) is 1.92. The van der Waals surface area contributed by atoms with E-state index in [1.807, 2.05) is 30.3 Å². The number of hydrogen-bond acceptors (Lipinski definition) is 2. The molecule has 0 bridgehead atoms. The number of pyridine rings is 1. The third kappa shape index (κ3) is 1.75. The molecule has 0 aliphatic carbocycles. The number of rotatable bonds is 2. The van der Waals surface area contributed by atoms with Crippen molar-refractivity contribution < 1.29 is 0 Å². The second-order valence-corrected chi connectivity index (χ2v) is 3.31. The normalized spacial score (nSPS) is 10.1. The minimum Gasteiger partial charge on any atom is -0.314 e. The van der Waals surface area contributed by atoms with E-state index in [9.17, 15) is 4.79 Å². The van der Waals surface area contributed by atoms with Crippen LogP contribution in [0.5, 0.6) is 0 Å². The van der Waals surface area contributed by atoms with E-state index in [1.165, 1.54) is 0 Å². The van der Waals surface area contributed by atoms with Crippen molar-refractivity contribution >= 4 is 10.8 Å². The zero-order valence-electron chi connectivity index (χ0n) is 8.18. The van der Waals surface area contributed by atoms with Crippen LogP contribution in [0, 0.1) is 11.3 Å². The molecule has 0 fully saturated rings. The fourth-order valence-corrected chi connectivity index (χ4v) is 1.58. The summed E-state index contributed by atoms with van der Waals surface area (Å²) < 4.78 is 1.57. The molecular weight excluding hydrogens is 188 g/mol. The zero-order chi connectivity index (χ0) is 10.7. The molecule has 0 N–H and O–H groups in total. The average molecular weight is 198 g/mol. The van der Waals surface area contributed by atoms with Gasteiger partial charge in [-0.2, -0.15) is 5.26 Å². The molecule has 0 spiro atoms. The summed E-state index contributed by atoms with van der Waals surface area (Å²) in [5.74, 6) is 0. The first kappa shape index (κ1) is 9.47. The van der Waals surface area contributed by atoms with E-state index >= 15 is 0 Å². The van der Waals surface area contributed by atoms with E-state index in [0.717, 1.165) is 5.39 Å². The third-order valence-electron chi connectivity index (χ3n) is 2.35. The maximum Gasteiger partial charge on any atom is 0.258 e. The lowest BCUT2D eigenvalue weighted by Crippen LogP contribution is -2.19. The molecular formula is C12H10N2O. The van der Waals surface area contributed by atoms with Crippen molar-refractivity contribution in [3.05, 3.63) is 46.9 Å². The number of hydrogen-bond donors (Lipinski definition) is 0. The summed E-state index contributed by atoms with van der Waals surface area (Å²) in [5, 5.41) is 10.1. The average Bonchev–Trinajstić information content (AvgIpc) is 2.29. The molecule has 1 aromatic carbocycles. The lowest BCUT2D eigenvalue weighted by atomic mass is 10.2. The first-order valence-electron chi connectivity index (χ1n) is 4.78. The lowest BCUT2D eigenvalue weighted by molar-refractivity contribution is 0.692. The molecule has 74 valence electrons. The van der Waals surface area contributed by atoms with Gasteiger partial charge in [0.25, 0.3) is 5.56 Å². The van der Waals surface area contributed by atoms with Gasteiger partial charge in [-0.1, -0.05) is 18.2 Å². The Hall–Kier alpha value is -2.08. The smallest absolute Gasteiger partial charge is 0.258 e. The number of nitrogens with zero attached hydrogens (tertiary/aromatic N) is 2. The van der Waals surface area contributed by atoms with Gasteiger partial charge in [-0.15, -0.1) is 0 Å². The van der Waals surface area contributed by atoms with Gasteiger partial charge in [0.05, 0.1) is 12.5 Å². The Bertz CT molecular complexity index is 578. The third-order valence-corrected chi connectivity index (χ3v) is 2.35. The summed E-state index contributed by atoms with van der Waals surface area (Å²) in [6, 6.07) is 11.4.